The van der Waals surface area contributed by atoms with Crippen LogP contribution in [0.4, 0.5) is 0 Å². The highest BCUT2D eigenvalue weighted by atomic mass is 32.1. The van der Waals surface area contributed by atoms with Gasteiger partial charge < -0.3 is 14.9 Å². The number of rotatable bonds is 7. The second-order valence-electron chi connectivity index (χ2n) is 9.11. The number of thiophene rings is 1. The standard InChI is InChI=1S/C29H31NO3S/c1-20(21-7-12-25(13-8-21)33-18-17-30-15-3-2-4-16-30)28-26-14-11-24(32)19-27(26)34-29(28)22-5-9-23(31)10-6-22/h5-14,19-20,31-32H,2-4,15-18H2,1H3. The highest BCUT2D eigenvalue weighted by molar-refractivity contribution is 7.22. The number of likely N-dealkylation sites (tertiary alicyclic amines) is 1. The van der Waals surface area contributed by atoms with Crippen molar-refractivity contribution < 1.29 is 14.9 Å². The molecule has 2 heterocycles. The fourth-order valence-electron chi connectivity index (χ4n) is 4.86. The van der Waals surface area contributed by atoms with Crippen molar-refractivity contribution in [3.63, 3.8) is 0 Å². The van der Waals surface area contributed by atoms with Gasteiger partial charge in [0.25, 0.3) is 0 Å². The van der Waals surface area contributed by atoms with Crippen molar-refractivity contribution in [3.8, 4) is 27.7 Å². The molecule has 0 spiro atoms. The SMILES string of the molecule is CC(c1ccc(OCCN2CCCCC2)cc1)c1c(-c2ccc(O)cc2)sc2cc(O)ccc12. The van der Waals surface area contributed by atoms with Crippen LogP contribution in [0.3, 0.4) is 0 Å². The summed E-state index contributed by atoms with van der Waals surface area (Å²) in [5.41, 5.74) is 3.53. The van der Waals surface area contributed by atoms with Crippen molar-refractivity contribution in [2.45, 2.75) is 32.1 Å². The fraction of sp³-hybridized carbons (Fsp3) is 0.310. The minimum Gasteiger partial charge on any atom is -0.508 e. The lowest BCUT2D eigenvalue weighted by Gasteiger charge is -2.26. The van der Waals surface area contributed by atoms with Crippen molar-refractivity contribution in [1.82, 2.24) is 4.90 Å². The van der Waals surface area contributed by atoms with Gasteiger partial charge in [-0.05, 0) is 103 Å². The summed E-state index contributed by atoms with van der Waals surface area (Å²) in [4.78, 5) is 3.65. The maximum atomic E-state index is 10.0. The van der Waals surface area contributed by atoms with Gasteiger partial charge in [0.05, 0.1) is 0 Å². The topological polar surface area (TPSA) is 52.9 Å². The molecule has 1 aromatic heterocycles. The first-order valence-corrected chi connectivity index (χ1v) is 12.9. The summed E-state index contributed by atoms with van der Waals surface area (Å²) >= 11 is 1.68. The van der Waals surface area contributed by atoms with Crippen LogP contribution in [0, 0.1) is 0 Å². The molecule has 4 aromatic rings. The second-order valence-corrected chi connectivity index (χ2v) is 10.2. The van der Waals surface area contributed by atoms with Crippen LogP contribution in [0.1, 0.15) is 43.2 Å². The van der Waals surface area contributed by atoms with E-state index in [1.54, 1.807) is 29.5 Å². The third-order valence-corrected chi connectivity index (χ3v) is 8.00. The Morgan fingerprint density at radius 2 is 1.59 bits per heavy atom. The van der Waals surface area contributed by atoms with Gasteiger partial charge in [-0.3, -0.25) is 4.90 Å². The zero-order chi connectivity index (χ0) is 23.5. The number of phenols is 2. The van der Waals surface area contributed by atoms with E-state index in [2.05, 4.69) is 36.1 Å². The minimum absolute atomic E-state index is 0.157. The molecule has 1 unspecified atom stereocenters. The third-order valence-electron chi connectivity index (χ3n) is 6.78. The van der Waals surface area contributed by atoms with Crippen molar-refractivity contribution >= 4 is 21.4 Å². The molecule has 0 saturated carbocycles. The van der Waals surface area contributed by atoms with Crippen molar-refractivity contribution in [2.75, 3.05) is 26.2 Å². The van der Waals surface area contributed by atoms with Gasteiger partial charge in [-0.25, -0.2) is 0 Å². The van der Waals surface area contributed by atoms with Crippen LogP contribution in [-0.2, 0) is 0 Å². The van der Waals surface area contributed by atoms with Crippen molar-refractivity contribution in [2.24, 2.45) is 0 Å². The number of fused-ring (bicyclic) bond motifs is 1. The van der Waals surface area contributed by atoms with E-state index in [9.17, 15) is 10.2 Å². The Bertz CT molecular complexity index is 1240. The molecule has 2 N–H and O–H groups in total. The number of nitrogens with zero attached hydrogens (tertiary/aromatic N) is 1. The lowest BCUT2D eigenvalue weighted by molar-refractivity contribution is 0.183. The number of phenolic OH excluding ortho intramolecular Hbond substituents is 2. The summed E-state index contributed by atoms with van der Waals surface area (Å²) < 4.78 is 7.09. The van der Waals surface area contributed by atoms with Crippen LogP contribution in [-0.4, -0.2) is 41.4 Å². The first-order valence-electron chi connectivity index (χ1n) is 12.1. The summed E-state index contributed by atoms with van der Waals surface area (Å²) in [5, 5.41) is 20.9. The number of aromatic hydroxyl groups is 2. The van der Waals surface area contributed by atoms with Gasteiger partial charge in [-0.15, -0.1) is 11.3 Å². The summed E-state index contributed by atoms with van der Waals surface area (Å²) in [7, 11) is 0. The zero-order valence-electron chi connectivity index (χ0n) is 19.5. The monoisotopic (exact) mass is 473 g/mol. The molecule has 1 aliphatic rings. The molecule has 4 nitrogen and oxygen atoms in total. The highest BCUT2D eigenvalue weighted by Gasteiger charge is 2.21. The maximum absolute atomic E-state index is 10.0. The Hall–Kier alpha value is -3.02. The molecule has 5 rings (SSSR count). The second kappa shape index (κ2) is 10.1. The largest absolute Gasteiger partial charge is 0.508 e. The van der Waals surface area contributed by atoms with E-state index in [1.807, 2.05) is 24.3 Å². The number of benzene rings is 3. The molecule has 1 saturated heterocycles. The van der Waals surface area contributed by atoms with Gasteiger partial charge in [-0.2, -0.15) is 0 Å². The Morgan fingerprint density at radius 3 is 2.32 bits per heavy atom. The number of piperidine rings is 1. The molecule has 0 bridgehead atoms. The number of hydrogen-bond acceptors (Lipinski definition) is 5. The average Bonchev–Trinajstić information content (AvgIpc) is 3.23. The Labute approximate surface area is 205 Å². The van der Waals surface area contributed by atoms with Gasteiger partial charge in [0.15, 0.2) is 0 Å². The van der Waals surface area contributed by atoms with Gasteiger partial charge in [0, 0.05) is 22.0 Å². The molecule has 1 aliphatic heterocycles. The molecule has 0 amide bonds. The lowest BCUT2D eigenvalue weighted by atomic mass is 9.89. The van der Waals surface area contributed by atoms with Gasteiger partial charge in [0.1, 0.15) is 23.9 Å². The van der Waals surface area contributed by atoms with E-state index >= 15 is 0 Å². The summed E-state index contributed by atoms with van der Waals surface area (Å²) in [6, 6.07) is 21.4. The van der Waals surface area contributed by atoms with E-state index in [-0.39, 0.29) is 17.4 Å². The predicted molar refractivity (Wildman–Crippen MR) is 140 cm³/mol. The first kappa shape index (κ1) is 22.8. The molecule has 0 aliphatic carbocycles. The number of hydrogen-bond donors (Lipinski definition) is 2. The van der Waals surface area contributed by atoms with Gasteiger partial charge in [0.2, 0.25) is 0 Å². The molecule has 176 valence electrons. The summed E-state index contributed by atoms with van der Waals surface area (Å²) in [5.74, 6) is 1.60. The first-order chi connectivity index (χ1) is 16.6. The molecule has 1 fully saturated rings. The zero-order valence-corrected chi connectivity index (χ0v) is 20.4. The molecule has 5 heteroatoms. The fourth-order valence-corrected chi connectivity index (χ4v) is 6.20. The van der Waals surface area contributed by atoms with Gasteiger partial charge >= 0.3 is 0 Å². The molecule has 34 heavy (non-hydrogen) atoms. The van der Waals surface area contributed by atoms with Crippen molar-refractivity contribution in [3.05, 3.63) is 77.9 Å². The van der Waals surface area contributed by atoms with E-state index in [0.717, 1.165) is 39.4 Å². The van der Waals surface area contributed by atoms with E-state index in [1.165, 1.54) is 43.5 Å². The third kappa shape index (κ3) is 4.91. The van der Waals surface area contributed by atoms with Crippen LogP contribution >= 0.6 is 11.3 Å². The van der Waals surface area contributed by atoms with Crippen LogP contribution < -0.4 is 4.74 Å². The van der Waals surface area contributed by atoms with Crippen LogP contribution in [0.2, 0.25) is 0 Å². The summed E-state index contributed by atoms with van der Waals surface area (Å²) in [6.45, 7) is 6.32. The Morgan fingerprint density at radius 1 is 0.882 bits per heavy atom. The predicted octanol–water partition coefficient (Wildman–Crippen LogP) is 7.00. The lowest BCUT2D eigenvalue weighted by Crippen LogP contribution is -2.33. The normalized spacial score (nSPS) is 15.4. The quantitative estimate of drug-likeness (QED) is 0.304. The van der Waals surface area contributed by atoms with Crippen LogP contribution in [0.25, 0.3) is 20.5 Å². The summed E-state index contributed by atoms with van der Waals surface area (Å²) in [6.07, 6.45) is 3.96. The molecule has 1 atom stereocenters. The van der Waals surface area contributed by atoms with Crippen molar-refractivity contribution in [1.29, 1.82) is 0 Å². The van der Waals surface area contributed by atoms with Gasteiger partial charge in [-0.1, -0.05) is 25.5 Å². The number of ether oxygens (including phenoxy) is 1. The average molecular weight is 474 g/mol. The highest BCUT2D eigenvalue weighted by Crippen LogP contribution is 2.45. The van der Waals surface area contributed by atoms with E-state index < -0.39 is 0 Å². The molecular formula is C29H31NO3S. The Kier molecular flexibility index (Phi) is 6.75. The van der Waals surface area contributed by atoms with E-state index in [0.29, 0.717) is 0 Å². The smallest absolute Gasteiger partial charge is 0.119 e. The molecular weight excluding hydrogens is 442 g/mol. The molecule has 3 aromatic carbocycles. The molecule has 0 radical (unpaired) electrons. The maximum Gasteiger partial charge on any atom is 0.119 e. The minimum atomic E-state index is 0.157. The Balaban J connectivity index is 1.38. The van der Waals surface area contributed by atoms with Crippen LogP contribution in [0.15, 0.2) is 66.7 Å². The van der Waals surface area contributed by atoms with E-state index in [4.69, 9.17) is 4.74 Å². The van der Waals surface area contributed by atoms with Crippen LogP contribution in [0.5, 0.6) is 17.2 Å².